The van der Waals surface area contributed by atoms with Crippen molar-refractivity contribution in [3.05, 3.63) is 243 Å². The van der Waals surface area contributed by atoms with E-state index in [0.29, 0.717) is 0 Å². The van der Waals surface area contributed by atoms with Gasteiger partial charge in [0.25, 0.3) is 0 Å². The Morgan fingerprint density at radius 3 is 1.66 bits per heavy atom. The van der Waals surface area contributed by atoms with E-state index in [1.165, 1.54) is 54.5 Å². The highest BCUT2D eigenvalue weighted by molar-refractivity contribution is 6.19. The van der Waals surface area contributed by atoms with Crippen LogP contribution in [0.5, 0.6) is 0 Å². The normalized spacial score (nSPS) is 11.7. The van der Waals surface area contributed by atoms with Crippen LogP contribution in [0.4, 0.5) is 17.1 Å². The van der Waals surface area contributed by atoms with Gasteiger partial charge in [0.05, 0.1) is 11.0 Å². The van der Waals surface area contributed by atoms with Crippen molar-refractivity contribution in [1.82, 2.24) is 4.57 Å². The number of rotatable bonds is 7. The lowest BCUT2D eigenvalue weighted by atomic mass is 10.0. The molecule has 304 valence electrons. The number of fused-ring (bicyclic) bond motifs is 9. The van der Waals surface area contributed by atoms with Crippen LogP contribution in [0.3, 0.4) is 0 Å². The predicted octanol–water partition coefficient (Wildman–Crippen LogP) is 17.5. The Morgan fingerprint density at radius 1 is 0.323 bits per heavy atom. The van der Waals surface area contributed by atoms with Crippen molar-refractivity contribution < 1.29 is 4.42 Å². The van der Waals surface area contributed by atoms with Crippen molar-refractivity contribution in [2.24, 2.45) is 0 Å². The highest BCUT2D eigenvalue weighted by Gasteiger charge is 2.19. The van der Waals surface area contributed by atoms with E-state index in [1.54, 1.807) is 0 Å². The minimum absolute atomic E-state index is 0.852. The fourth-order valence-corrected chi connectivity index (χ4v) is 10.00. The lowest BCUT2D eigenvalue weighted by molar-refractivity contribution is 0.670. The lowest BCUT2D eigenvalue weighted by Gasteiger charge is -2.26. The minimum atomic E-state index is 0.852. The molecule has 0 N–H and O–H groups in total. The summed E-state index contributed by atoms with van der Waals surface area (Å²) in [7, 11) is 0. The average Bonchev–Trinajstić information content (AvgIpc) is 3.93. The maximum absolute atomic E-state index is 6.78. The average molecular weight is 829 g/mol. The third-order valence-corrected chi connectivity index (χ3v) is 13.2. The van der Waals surface area contributed by atoms with Crippen LogP contribution in [0.15, 0.2) is 247 Å². The summed E-state index contributed by atoms with van der Waals surface area (Å²) in [6.07, 6.45) is 0. The molecule has 0 aliphatic rings. The van der Waals surface area contributed by atoms with Crippen molar-refractivity contribution in [2.45, 2.75) is 0 Å². The zero-order chi connectivity index (χ0) is 42.8. The Kier molecular flexibility index (Phi) is 8.53. The number of aromatic nitrogens is 1. The lowest BCUT2D eigenvalue weighted by Crippen LogP contribution is -2.09. The highest BCUT2D eigenvalue weighted by Crippen LogP contribution is 2.43. The van der Waals surface area contributed by atoms with Gasteiger partial charge in [-0.1, -0.05) is 176 Å². The molecular formula is C62H40N2O. The molecule has 2 aromatic heterocycles. The first kappa shape index (κ1) is 36.9. The molecule has 65 heavy (non-hydrogen) atoms. The third-order valence-electron chi connectivity index (χ3n) is 13.2. The molecule has 11 aromatic carbocycles. The number of para-hydroxylation sites is 2. The molecule has 13 aromatic rings. The number of benzene rings is 11. The second kappa shape index (κ2) is 15.0. The van der Waals surface area contributed by atoms with E-state index >= 15 is 0 Å². The Bertz CT molecular complexity index is 3920. The molecule has 3 heteroatoms. The van der Waals surface area contributed by atoms with E-state index in [4.69, 9.17) is 4.42 Å². The Labute approximate surface area is 376 Å². The smallest absolute Gasteiger partial charge is 0.143 e. The van der Waals surface area contributed by atoms with Crippen LogP contribution >= 0.6 is 0 Å². The van der Waals surface area contributed by atoms with Gasteiger partial charge < -0.3 is 13.9 Å². The fourth-order valence-electron chi connectivity index (χ4n) is 10.00. The standard InChI is InChI=1S/C62H40N2O/c1-3-13-44(14-4-1)54-20-11-21-58-56-37-34-52(40-60(56)65-62(54)58)63(50-30-24-42(25-31-50)47-23-22-41-12-7-8-16-46(41)38-47)51-32-26-43(27-33-51)48-29-35-55-57-36-28-45-15-9-10-19-53(45)61(57)64(59(55)39-48)49-17-5-2-6-18-49/h1-40H. The maximum atomic E-state index is 6.78. The van der Waals surface area contributed by atoms with Crippen LogP contribution in [-0.4, -0.2) is 4.57 Å². The van der Waals surface area contributed by atoms with E-state index in [1.807, 2.05) is 0 Å². The Balaban J connectivity index is 0.933. The molecule has 0 radical (unpaired) electrons. The molecule has 0 spiro atoms. The quantitative estimate of drug-likeness (QED) is 0.160. The number of hydrogen-bond acceptors (Lipinski definition) is 2. The zero-order valence-electron chi connectivity index (χ0n) is 35.4. The first-order valence-electron chi connectivity index (χ1n) is 22.2. The SMILES string of the molecule is c1ccc(-c2cccc3c2oc2cc(N(c4ccc(-c5ccc6ccccc6c5)cc4)c4ccc(-c5ccc6c7ccc8ccccc8c7n(-c7ccccc7)c6c5)cc4)ccc23)cc1. The Morgan fingerprint density at radius 2 is 0.892 bits per heavy atom. The molecule has 0 atom stereocenters. The summed E-state index contributed by atoms with van der Waals surface area (Å²) in [6.45, 7) is 0. The van der Waals surface area contributed by atoms with Gasteiger partial charge in [0, 0.05) is 61.3 Å². The first-order valence-corrected chi connectivity index (χ1v) is 22.2. The van der Waals surface area contributed by atoms with Gasteiger partial charge >= 0.3 is 0 Å². The monoisotopic (exact) mass is 828 g/mol. The molecule has 0 saturated heterocycles. The van der Waals surface area contributed by atoms with Gasteiger partial charge in [-0.25, -0.2) is 0 Å². The van der Waals surface area contributed by atoms with Crippen LogP contribution < -0.4 is 4.90 Å². The van der Waals surface area contributed by atoms with E-state index in [-0.39, 0.29) is 0 Å². The van der Waals surface area contributed by atoms with Crippen molar-refractivity contribution >= 4 is 82.4 Å². The molecule has 13 rings (SSSR count). The van der Waals surface area contributed by atoms with Crippen molar-refractivity contribution in [2.75, 3.05) is 4.90 Å². The minimum Gasteiger partial charge on any atom is -0.455 e. The number of nitrogens with zero attached hydrogens (tertiary/aromatic N) is 2. The highest BCUT2D eigenvalue weighted by atomic mass is 16.3. The maximum Gasteiger partial charge on any atom is 0.143 e. The van der Waals surface area contributed by atoms with Crippen LogP contribution in [0.2, 0.25) is 0 Å². The van der Waals surface area contributed by atoms with E-state index in [2.05, 4.69) is 252 Å². The third kappa shape index (κ3) is 6.20. The summed E-state index contributed by atoms with van der Waals surface area (Å²) in [5, 5.41) is 9.67. The molecule has 0 aliphatic carbocycles. The second-order valence-corrected chi connectivity index (χ2v) is 16.9. The van der Waals surface area contributed by atoms with E-state index in [0.717, 1.165) is 66.9 Å². The van der Waals surface area contributed by atoms with Gasteiger partial charge in [0.1, 0.15) is 11.2 Å². The number of hydrogen-bond donors (Lipinski definition) is 0. The Hall–Kier alpha value is -8.66. The first-order chi connectivity index (χ1) is 32.2. The van der Waals surface area contributed by atoms with Gasteiger partial charge in [-0.15, -0.1) is 0 Å². The van der Waals surface area contributed by atoms with Gasteiger partial charge in [-0.2, -0.15) is 0 Å². The molecule has 0 fully saturated rings. The molecule has 3 nitrogen and oxygen atoms in total. The van der Waals surface area contributed by atoms with Gasteiger partial charge in [-0.05, 0) is 105 Å². The number of anilines is 3. The largest absolute Gasteiger partial charge is 0.455 e. The summed E-state index contributed by atoms with van der Waals surface area (Å²) in [5.74, 6) is 0. The topological polar surface area (TPSA) is 21.3 Å². The molecular weight excluding hydrogens is 789 g/mol. The van der Waals surface area contributed by atoms with E-state index in [9.17, 15) is 0 Å². The van der Waals surface area contributed by atoms with Crippen LogP contribution in [0.1, 0.15) is 0 Å². The van der Waals surface area contributed by atoms with Gasteiger partial charge in [0.15, 0.2) is 0 Å². The van der Waals surface area contributed by atoms with Crippen molar-refractivity contribution in [3.8, 4) is 39.1 Å². The number of furan rings is 1. The summed E-state index contributed by atoms with van der Waals surface area (Å²) in [5.41, 5.74) is 15.4. The zero-order valence-corrected chi connectivity index (χ0v) is 35.4. The van der Waals surface area contributed by atoms with Gasteiger partial charge in [0.2, 0.25) is 0 Å². The molecule has 0 unspecified atom stereocenters. The molecule has 0 amide bonds. The second-order valence-electron chi connectivity index (χ2n) is 16.9. The predicted molar refractivity (Wildman–Crippen MR) is 274 cm³/mol. The van der Waals surface area contributed by atoms with Crippen LogP contribution in [0.25, 0.3) is 104 Å². The summed E-state index contributed by atoms with van der Waals surface area (Å²) in [6, 6.07) is 87.6. The van der Waals surface area contributed by atoms with Crippen molar-refractivity contribution in [1.29, 1.82) is 0 Å². The summed E-state index contributed by atoms with van der Waals surface area (Å²) in [4.78, 5) is 2.33. The van der Waals surface area contributed by atoms with Gasteiger partial charge in [-0.3, -0.25) is 0 Å². The van der Waals surface area contributed by atoms with Crippen molar-refractivity contribution in [3.63, 3.8) is 0 Å². The summed E-state index contributed by atoms with van der Waals surface area (Å²) < 4.78 is 9.22. The molecule has 0 bridgehead atoms. The van der Waals surface area contributed by atoms with Crippen LogP contribution in [0, 0.1) is 0 Å². The molecule has 0 saturated carbocycles. The van der Waals surface area contributed by atoms with Crippen LogP contribution in [-0.2, 0) is 0 Å². The molecule has 0 aliphatic heterocycles. The van der Waals surface area contributed by atoms with E-state index < -0.39 is 0 Å². The fraction of sp³-hybridized carbons (Fsp3) is 0. The molecule has 2 heterocycles. The summed E-state index contributed by atoms with van der Waals surface area (Å²) >= 11 is 0.